The first kappa shape index (κ1) is 26.9. The van der Waals surface area contributed by atoms with Crippen LogP contribution in [0, 0.1) is 11.8 Å². The molecule has 2 N–H and O–H groups in total. The van der Waals surface area contributed by atoms with Crippen molar-refractivity contribution in [1.29, 1.82) is 0 Å². The Morgan fingerprint density at radius 2 is 1.00 bits per heavy atom. The summed E-state index contributed by atoms with van der Waals surface area (Å²) < 4.78 is 0. The summed E-state index contributed by atoms with van der Waals surface area (Å²) in [5, 5.41) is 20.1. The van der Waals surface area contributed by atoms with Crippen LogP contribution in [0.4, 0.5) is 0 Å². The van der Waals surface area contributed by atoms with Crippen LogP contribution < -0.4 is 0 Å². The number of piperidine rings is 2. The summed E-state index contributed by atoms with van der Waals surface area (Å²) >= 11 is 0. The third kappa shape index (κ3) is 7.64. The van der Waals surface area contributed by atoms with Crippen LogP contribution in [0.15, 0.2) is 60.7 Å². The fourth-order valence-corrected chi connectivity index (χ4v) is 5.85. The Hall–Kier alpha value is -1.72. The molecule has 0 aromatic heterocycles. The number of nitrogens with zero attached hydrogens (tertiary/aromatic N) is 2. The summed E-state index contributed by atoms with van der Waals surface area (Å²) in [6.45, 7) is 12.8. The van der Waals surface area contributed by atoms with E-state index in [0.29, 0.717) is 0 Å². The zero-order valence-electron chi connectivity index (χ0n) is 21.7. The van der Waals surface area contributed by atoms with Crippen LogP contribution in [0.3, 0.4) is 0 Å². The van der Waals surface area contributed by atoms with E-state index in [1.807, 2.05) is 26.0 Å². The molecule has 0 aliphatic carbocycles. The lowest BCUT2D eigenvalue weighted by Crippen LogP contribution is -2.41. The molecule has 0 spiro atoms. The maximum absolute atomic E-state index is 10.1. The van der Waals surface area contributed by atoms with Gasteiger partial charge in [0.1, 0.15) is 0 Å². The number of rotatable bonds is 6. The highest BCUT2D eigenvalue weighted by Gasteiger charge is 2.29. The fourth-order valence-electron chi connectivity index (χ4n) is 5.85. The number of aliphatic hydroxyl groups is 2. The van der Waals surface area contributed by atoms with Gasteiger partial charge in [-0.1, -0.05) is 74.5 Å². The second-order valence-corrected chi connectivity index (χ2v) is 10.7. The molecule has 0 bridgehead atoms. The van der Waals surface area contributed by atoms with Gasteiger partial charge in [-0.05, 0) is 75.6 Å². The van der Waals surface area contributed by atoms with Crippen molar-refractivity contribution in [1.82, 2.24) is 9.80 Å². The number of hydrogen-bond acceptors (Lipinski definition) is 4. The van der Waals surface area contributed by atoms with E-state index in [9.17, 15) is 10.2 Å². The van der Waals surface area contributed by atoms with Crippen LogP contribution in [-0.2, 0) is 0 Å². The van der Waals surface area contributed by atoms with E-state index in [0.717, 1.165) is 38.0 Å². The van der Waals surface area contributed by atoms with Crippen molar-refractivity contribution in [3.8, 4) is 0 Å². The molecule has 2 heterocycles. The number of hydrogen-bond donors (Lipinski definition) is 2. The van der Waals surface area contributed by atoms with Gasteiger partial charge in [-0.15, -0.1) is 0 Å². The lowest BCUT2D eigenvalue weighted by Gasteiger charge is -2.39. The van der Waals surface area contributed by atoms with Crippen molar-refractivity contribution in [3.05, 3.63) is 71.8 Å². The Balaban J connectivity index is 0.000000191. The van der Waals surface area contributed by atoms with Crippen LogP contribution in [0.2, 0.25) is 0 Å². The molecule has 0 amide bonds. The van der Waals surface area contributed by atoms with Crippen molar-refractivity contribution >= 4 is 0 Å². The second kappa shape index (κ2) is 13.4. The van der Waals surface area contributed by atoms with Crippen LogP contribution in [-0.4, -0.2) is 58.4 Å². The van der Waals surface area contributed by atoms with Gasteiger partial charge in [0.2, 0.25) is 0 Å². The third-order valence-corrected chi connectivity index (χ3v) is 7.36. The molecular formula is C30H46N2O2. The first-order valence-electron chi connectivity index (χ1n) is 13.3. The summed E-state index contributed by atoms with van der Waals surface area (Å²) in [7, 11) is 0. The first-order valence-corrected chi connectivity index (χ1v) is 13.3. The second-order valence-electron chi connectivity index (χ2n) is 10.7. The summed E-state index contributed by atoms with van der Waals surface area (Å²) in [5.74, 6) is 1.49. The normalized spacial score (nSPS) is 25.5. The topological polar surface area (TPSA) is 46.9 Å². The number of likely N-dealkylation sites (tertiary alicyclic amines) is 2. The third-order valence-electron chi connectivity index (χ3n) is 7.36. The van der Waals surface area contributed by atoms with Gasteiger partial charge in [-0.3, -0.25) is 9.80 Å². The predicted octanol–water partition coefficient (Wildman–Crippen LogP) is 5.68. The Bertz CT molecular complexity index is 742. The van der Waals surface area contributed by atoms with E-state index in [1.54, 1.807) is 0 Å². The molecule has 2 saturated heterocycles. The zero-order valence-corrected chi connectivity index (χ0v) is 21.7. The van der Waals surface area contributed by atoms with Crippen molar-refractivity contribution < 1.29 is 10.2 Å². The summed E-state index contributed by atoms with van der Waals surface area (Å²) in [6, 6.07) is 21.1. The summed E-state index contributed by atoms with van der Waals surface area (Å²) in [4.78, 5) is 4.88. The highest BCUT2D eigenvalue weighted by atomic mass is 16.3. The Morgan fingerprint density at radius 3 is 1.29 bits per heavy atom. The Kier molecular flexibility index (Phi) is 10.6. The molecule has 2 aromatic rings. The predicted molar refractivity (Wildman–Crippen MR) is 142 cm³/mol. The molecule has 0 radical (unpaired) electrons. The molecule has 2 aromatic carbocycles. The minimum atomic E-state index is -0.317. The molecule has 2 aliphatic heterocycles. The maximum atomic E-state index is 10.1. The first-order chi connectivity index (χ1) is 16.4. The molecule has 4 rings (SSSR count). The monoisotopic (exact) mass is 466 g/mol. The highest BCUT2D eigenvalue weighted by Crippen LogP contribution is 2.30. The molecular weight excluding hydrogens is 420 g/mol. The van der Waals surface area contributed by atoms with Crippen molar-refractivity contribution in [2.24, 2.45) is 11.8 Å². The minimum absolute atomic E-state index is 0.152. The smallest absolute Gasteiger partial charge is 0.0708 e. The van der Waals surface area contributed by atoms with Crippen LogP contribution in [0.5, 0.6) is 0 Å². The SMILES string of the molecule is CC(O)[C@@H](c1ccccc1)N1CCC[C@H](C)C1.CC(O)[C@H](c1ccccc1)N1CCC[C@H](C)C1. The molecule has 6 atom stereocenters. The molecule has 2 aliphatic rings. The van der Waals surface area contributed by atoms with Crippen LogP contribution in [0.1, 0.15) is 76.6 Å². The van der Waals surface area contributed by atoms with E-state index in [2.05, 4.69) is 72.2 Å². The van der Waals surface area contributed by atoms with Crippen molar-refractivity contribution in [2.45, 2.75) is 77.7 Å². The minimum Gasteiger partial charge on any atom is -0.391 e. The van der Waals surface area contributed by atoms with Crippen molar-refractivity contribution in [2.75, 3.05) is 26.2 Å². The van der Waals surface area contributed by atoms with Crippen LogP contribution in [0.25, 0.3) is 0 Å². The Morgan fingerprint density at radius 1 is 0.647 bits per heavy atom. The highest BCUT2D eigenvalue weighted by molar-refractivity contribution is 5.21. The van der Waals surface area contributed by atoms with E-state index in [4.69, 9.17) is 0 Å². The average molecular weight is 467 g/mol. The molecule has 4 heteroatoms. The molecule has 2 unspecified atom stereocenters. The van der Waals surface area contributed by atoms with E-state index in [1.165, 1.54) is 36.8 Å². The van der Waals surface area contributed by atoms with Crippen LogP contribution >= 0.6 is 0 Å². The van der Waals surface area contributed by atoms with E-state index >= 15 is 0 Å². The molecule has 0 saturated carbocycles. The van der Waals surface area contributed by atoms with Gasteiger partial charge in [0, 0.05) is 13.1 Å². The van der Waals surface area contributed by atoms with Gasteiger partial charge in [0.25, 0.3) is 0 Å². The fraction of sp³-hybridized carbons (Fsp3) is 0.600. The van der Waals surface area contributed by atoms with E-state index in [-0.39, 0.29) is 24.3 Å². The summed E-state index contributed by atoms with van der Waals surface area (Å²) in [5.41, 5.74) is 2.47. The maximum Gasteiger partial charge on any atom is 0.0708 e. The largest absolute Gasteiger partial charge is 0.391 e. The molecule has 4 nitrogen and oxygen atoms in total. The van der Waals surface area contributed by atoms with Gasteiger partial charge >= 0.3 is 0 Å². The zero-order chi connectivity index (χ0) is 24.5. The lowest BCUT2D eigenvalue weighted by atomic mass is 9.94. The van der Waals surface area contributed by atoms with Crippen molar-refractivity contribution in [3.63, 3.8) is 0 Å². The van der Waals surface area contributed by atoms with E-state index < -0.39 is 0 Å². The quantitative estimate of drug-likeness (QED) is 0.575. The average Bonchev–Trinajstić information content (AvgIpc) is 2.81. The molecule has 34 heavy (non-hydrogen) atoms. The van der Waals surface area contributed by atoms with Gasteiger partial charge in [-0.25, -0.2) is 0 Å². The van der Waals surface area contributed by atoms with Gasteiger partial charge < -0.3 is 10.2 Å². The standard InChI is InChI=1S/2C15H23NO/c2*1-12-7-6-10-16(11-12)15(13(2)17)14-8-4-3-5-9-14/h2*3-5,8-9,12-13,15,17H,6-7,10-11H2,1-2H3/t12-,13?,15+;12-,13?,15-/m00/s1. The molecule has 188 valence electrons. The van der Waals surface area contributed by atoms with Gasteiger partial charge in [0.15, 0.2) is 0 Å². The lowest BCUT2D eigenvalue weighted by molar-refractivity contribution is 0.0354. The number of benzene rings is 2. The Labute approximate surface area is 207 Å². The van der Waals surface area contributed by atoms with Gasteiger partial charge in [0.05, 0.1) is 24.3 Å². The van der Waals surface area contributed by atoms with Gasteiger partial charge in [-0.2, -0.15) is 0 Å². The summed E-state index contributed by atoms with van der Waals surface area (Å²) in [6.07, 6.45) is 4.50. The molecule has 2 fully saturated rings. The number of aliphatic hydroxyl groups excluding tert-OH is 2.